The maximum absolute atomic E-state index is 11.1. The number of esters is 1. The number of ether oxygens (including phenoxy) is 1. The summed E-state index contributed by atoms with van der Waals surface area (Å²) < 4.78 is 4.59. The van der Waals surface area contributed by atoms with E-state index in [-0.39, 0.29) is 11.4 Å². The average molecular weight is 322 g/mol. The van der Waals surface area contributed by atoms with E-state index in [9.17, 15) is 4.79 Å². The van der Waals surface area contributed by atoms with Crippen LogP contribution in [0.15, 0.2) is 61.7 Å². The molecule has 24 heavy (non-hydrogen) atoms. The lowest BCUT2D eigenvalue weighted by atomic mass is 9.84. The van der Waals surface area contributed by atoms with Crippen LogP contribution in [0.2, 0.25) is 0 Å². The third kappa shape index (κ3) is 5.24. The third-order valence-corrected chi connectivity index (χ3v) is 3.57. The molecule has 0 aliphatic rings. The summed E-state index contributed by atoms with van der Waals surface area (Å²) in [6, 6.07) is 15.6. The molecule has 2 nitrogen and oxygen atoms in total. The summed E-state index contributed by atoms with van der Waals surface area (Å²) in [6.45, 7) is 14.1. The quantitative estimate of drug-likeness (QED) is 0.673. The van der Waals surface area contributed by atoms with Gasteiger partial charge in [0.2, 0.25) is 0 Å². The Morgan fingerprint density at radius 2 is 1.42 bits per heavy atom. The summed E-state index contributed by atoms with van der Waals surface area (Å²) in [5.74, 6) is -0.328. The van der Waals surface area contributed by atoms with Crippen LogP contribution in [0.1, 0.15) is 47.8 Å². The van der Waals surface area contributed by atoms with Gasteiger partial charge in [-0.05, 0) is 28.2 Å². The number of benzene rings is 2. The number of rotatable bonds is 3. The van der Waals surface area contributed by atoms with Gasteiger partial charge in [-0.2, -0.15) is 0 Å². The highest BCUT2D eigenvalue weighted by atomic mass is 16.5. The highest BCUT2D eigenvalue weighted by Crippen LogP contribution is 2.25. The zero-order valence-corrected chi connectivity index (χ0v) is 15.0. The van der Waals surface area contributed by atoms with Crippen LogP contribution in [0.5, 0.6) is 0 Å². The Morgan fingerprint density at radius 3 is 1.88 bits per heavy atom. The van der Waals surface area contributed by atoms with E-state index in [0.717, 1.165) is 5.56 Å². The Balaban J connectivity index is 0.000000240. The molecule has 0 spiro atoms. The molecule has 126 valence electrons. The van der Waals surface area contributed by atoms with Gasteiger partial charge in [0.1, 0.15) is 0 Å². The molecule has 0 saturated carbocycles. The van der Waals surface area contributed by atoms with Gasteiger partial charge < -0.3 is 4.74 Å². The molecule has 2 aromatic rings. The van der Waals surface area contributed by atoms with Crippen molar-refractivity contribution in [2.45, 2.75) is 26.2 Å². The van der Waals surface area contributed by atoms with Gasteiger partial charge in [0, 0.05) is 0 Å². The van der Waals surface area contributed by atoms with E-state index in [1.54, 1.807) is 18.2 Å². The van der Waals surface area contributed by atoms with Gasteiger partial charge in [-0.15, -0.1) is 0 Å². The molecule has 0 amide bonds. The molecule has 0 atom stereocenters. The standard InChI is InChI=1S/C12H16.C10H10O2/c1-5-10-8-6-7-9-11(10)12(2,3)4;1-3-8-6-4-5-7-9(8)10(11)12-2/h5-9H,1H2,2-4H3;3-7H,1H2,2H3. The van der Waals surface area contributed by atoms with E-state index in [1.807, 2.05) is 24.3 Å². The maximum atomic E-state index is 11.1. The first-order chi connectivity index (χ1) is 11.3. The van der Waals surface area contributed by atoms with Crippen LogP contribution >= 0.6 is 0 Å². The Labute approximate surface area is 145 Å². The molecule has 0 radical (unpaired) electrons. The van der Waals surface area contributed by atoms with Crippen LogP contribution in [0, 0.1) is 0 Å². The fourth-order valence-corrected chi connectivity index (χ4v) is 2.33. The fourth-order valence-electron chi connectivity index (χ4n) is 2.33. The van der Waals surface area contributed by atoms with Gasteiger partial charge >= 0.3 is 5.97 Å². The van der Waals surface area contributed by atoms with E-state index in [4.69, 9.17) is 0 Å². The Bertz CT molecular complexity index is 706. The lowest BCUT2D eigenvalue weighted by molar-refractivity contribution is 0.0600. The van der Waals surface area contributed by atoms with E-state index >= 15 is 0 Å². The van der Waals surface area contributed by atoms with Gasteiger partial charge in [0.05, 0.1) is 12.7 Å². The van der Waals surface area contributed by atoms with Crippen LogP contribution in [0.3, 0.4) is 0 Å². The molecule has 0 unspecified atom stereocenters. The molecule has 0 N–H and O–H groups in total. The van der Waals surface area contributed by atoms with Gasteiger partial charge in [0.25, 0.3) is 0 Å². The molecule has 0 fully saturated rings. The summed E-state index contributed by atoms with van der Waals surface area (Å²) in [5, 5.41) is 0. The first-order valence-electron chi connectivity index (χ1n) is 7.87. The Hall–Kier alpha value is -2.61. The molecule has 0 saturated heterocycles. The van der Waals surface area contributed by atoms with Crippen molar-refractivity contribution in [1.82, 2.24) is 0 Å². The molecule has 0 aliphatic heterocycles. The van der Waals surface area contributed by atoms with Crippen molar-refractivity contribution in [3.63, 3.8) is 0 Å². The molecule has 0 bridgehead atoms. The average Bonchev–Trinajstić information content (AvgIpc) is 2.60. The van der Waals surface area contributed by atoms with Crippen LogP contribution in [0.25, 0.3) is 12.2 Å². The lowest BCUT2D eigenvalue weighted by Gasteiger charge is -2.21. The van der Waals surface area contributed by atoms with Crippen molar-refractivity contribution >= 4 is 18.1 Å². The smallest absolute Gasteiger partial charge is 0.338 e. The summed E-state index contributed by atoms with van der Waals surface area (Å²) in [7, 11) is 1.36. The molecule has 2 heteroatoms. The van der Waals surface area contributed by atoms with Crippen molar-refractivity contribution in [2.75, 3.05) is 7.11 Å². The number of hydrogen-bond donors (Lipinski definition) is 0. The molecule has 2 aromatic carbocycles. The summed E-state index contributed by atoms with van der Waals surface area (Å²) >= 11 is 0. The van der Waals surface area contributed by atoms with Gasteiger partial charge in [-0.1, -0.05) is 88.5 Å². The Morgan fingerprint density at radius 1 is 0.917 bits per heavy atom. The molecular formula is C22H26O2. The Kier molecular flexibility index (Phi) is 7.19. The van der Waals surface area contributed by atoms with Crippen LogP contribution in [-0.4, -0.2) is 13.1 Å². The first kappa shape index (κ1) is 19.4. The first-order valence-corrected chi connectivity index (χ1v) is 7.87. The van der Waals surface area contributed by atoms with E-state index in [2.05, 4.69) is 56.9 Å². The van der Waals surface area contributed by atoms with Crippen molar-refractivity contribution < 1.29 is 9.53 Å². The summed E-state index contributed by atoms with van der Waals surface area (Å²) in [5.41, 5.74) is 4.16. The minimum Gasteiger partial charge on any atom is -0.465 e. The topological polar surface area (TPSA) is 26.3 Å². The van der Waals surface area contributed by atoms with Crippen molar-refractivity contribution in [2.24, 2.45) is 0 Å². The van der Waals surface area contributed by atoms with Crippen molar-refractivity contribution in [3.8, 4) is 0 Å². The second-order valence-electron chi connectivity index (χ2n) is 6.32. The number of hydrogen-bond acceptors (Lipinski definition) is 2. The highest BCUT2D eigenvalue weighted by molar-refractivity contribution is 5.93. The minimum atomic E-state index is -0.328. The minimum absolute atomic E-state index is 0.213. The predicted octanol–water partition coefficient (Wildman–Crippen LogP) is 5.74. The van der Waals surface area contributed by atoms with Gasteiger partial charge in [0.15, 0.2) is 0 Å². The SMILES string of the molecule is C=Cc1ccccc1C(=O)OC.C=Cc1ccccc1C(C)(C)C. The van der Waals surface area contributed by atoms with Gasteiger partial charge in [-0.25, -0.2) is 4.79 Å². The number of carbonyl (C=O) groups is 1. The second-order valence-corrected chi connectivity index (χ2v) is 6.32. The van der Waals surface area contributed by atoms with Crippen molar-refractivity contribution in [1.29, 1.82) is 0 Å². The normalized spacial score (nSPS) is 10.2. The predicted molar refractivity (Wildman–Crippen MR) is 103 cm³/mol. The summed E-state index contributed by atoms with van der Waals surface area (Å²) in [4.78, 5) is 11.1. The zero-order valence-electron chi connectivity index (χ0n) is 15.0. The third-order valence-electron chi connectivity index (χ3n) is 3.57. The maximum Gasteiger partial charge on any atom is 0.338 e. The summed E-state index contributed by atoms with van der Waals surface area (Å²) in [6.07, 6.45) is 3.55. The second kappa shape index (κ2) is 8.88. The largest absolute Gasteiger partial charge is 0.465 e. The molecule has 0 heterocycles. The van der Waals surface area contributed by atoms with E-state index in [1.165, 1.54) is 18.2 Å². The molecule has 2 rings (SSSR count). The van der Waals surface area contributed by atoms with Crippen molar-refractivity contribution in [3.05, 3.63) is 83.9 Å². The van der Waals surface area contributed by atoms with Crippen LogP contribution < -0.4 is 0 Å². The van der Waals surface area contributed by atoms with Crippen LogP contribution in [0.4, 0.5) is 0 Å². The lowest BCUT2D eigenvalue weighted by Crippen LogP contribution is -2.12. The molecular weight excluding hydrogens is 296 g/mol. The van der Waals surface area contributed by atoms with E-state index < -0.39 is 0 Å². The fraction of sp³-hybridized carbons (Fsp3) is 0.227. The monoisotopic (exact) mass is 322 g/mol. The van der Waals surface area contributed by atoms with Gasteiger partial charge in [-0.3, -0.25) is 0 Å². The number of carbonyl (C=O) groups excluding carboxylic acids is 1. The number of methoxy groups -OCH3 is 1. The zero-order chi connectivity index (χ0) is 18.2. The van der Waals surface area contributed by atoms with Crippen LogP contribution in [-0.2, 0) is 10.2 Å². The molecule has 0 aliphatic carbocycles. The highest BCUT2D eigenvalue weighted by Gasteiger charge is 2.15. The van der Waals surface area contributed by atoms with E-state index in [0.29, 0.717) is 5.56 Å². The molecule has 0 aromatic heterocycles.